The monoisotopic (exact) mass is 232 g/mol. The number of pyridine rings is 1. The molecule has 2 atom stereocenters. The fourth-order valence-corrected chi connectivity index (χ4v) is 1.73. The molecule has 1 aliphatic rings. The van der Waals surface area contributed by atoms with Crippen LogP contribution in [0, 0.1) is 0 Å². The quantitative estimate of drug-likeness (QED) is 0.745. The predicted molar refractivity (Wildman–Crippen MR) is 50.5 cm³/mol. The minimum Gasteiger partial charge on any atom is -0.372 e. The van der Waals surface area contributed by atoms with Crippen LogP contribution in [0.2, 0.25) is 0 Å². The average molecular weight is 232 g/mol. The summed E-state index contributed by atoms with van der Waals surface area (Å²) < 4.78 is 42.6. The molecule has 16 heavy (non-hydrogen) atoms. The topological polar surface area (TPSA) is 48.1 Å². The zero-order chi connectivity index (χ0) is 11.9. The second-order valence-corrected chi connectivity index (χ2v) is 3.78. The number of hydrogen-bond donors (Lipinski definition) is 1. The molecule has 1 aromatic heterocycles. The normalized spacial score (nSPS) is 25.3. The minimum absolute atomic E-state index is 0.307. The van der Waals surface area contributed by atoms with Crippen LogP contribution < -0.4 is 5.73 Å². The van der Waals surface area contributed by atoms with E-state index in [1.807, 2.05) is 0 Å². The molecule has 0 saturated carbocycles. The van der Waals surface area contributed by atoms with E-state index < -0.39 is 17.9 Å². The van der Waals surface area contributed by atoms with Crippen molar-refractivity contribution in [2.24, 2.45) is 5.73 Å². The van der Waals surface area contributed by atoms with E-state index in [9.17, 15) is 13.2 Å². The lowest BCUT2D eigenvalue weighted by atomic mass is 9.96. The highest BCUT2D eigenvalue weighted by molar-refractivity contribution is 5.33. The number of nitrogens with zero attached hydrogens (tertiary/aromatic N) is 1. The van der Waals surface area contributed by atoms with Gasteiger partial charge in [0.15, 0.2) is 0 Å². The van der Waals surface area contributed by atoms with E-state index in [2.05, 4.69) is 4.98 Å². The third-order valence-electron chi connectivity index (χ3n) is 2.62. The van der Waals surface area contributed by atoms with Crippen molar-refractivity contribution in [1.82, 2.24) is 4.98 Å². The summed E-state index contributed by atoms with van der Waals surface area (Å²) in [6.07, 6.45) is -3.61. The molecule has 3 nitrogen and oxygen atoms in total. The first-order valence-corrected chi connectivity index (χ1v) is 4.84. The molecule has 1 aromatic rings. The largest absolute Gasteiger partial charge is 0.433 e. The van der Waals surface area contributed by atoms with Crippen molar-refractivity contribution in [2.45, 2.75) is 25.2 Å². The zero-order valence-corrected chi connectivity index (χ0v) is 8.58. The summed E-state index contributed by atoms with van der Waals surface area (Å²) in [5.74, 6) is 0. The van der Waals surface area contributed by atoms with Gasteiger partial charge < -0.3 is 10.5 Å². The Kier molecular flexibility index (Phi) is 2.63. The summed E-state index contributed by atoms with van der Waals surface area (Å²) in [6.45, 7) is 2.01. The van der Waals surface area contributed by atoms with Crippen LogP contribution in [0.15, 0.2) is 12.3 Å². The van der Waals surface area contributed by atoms with Gasteiger partial charge >= 0.3 is 6.18 Å². The molecule has 0 radical (unpaired) electrons. The Morgan fingerprint density at radius 3 is 2.75 bits per heavy atom. The van der Waals surface area contributed by atoms with E-state index in [1.165, 1.54) is 6.20 Å². The Balaban J connectivity index is 2.48. The molecule has 0 fully saturated rings. The number of ether oxygens (including phenoxy) is 1. The Labute approximate surface area is 90.4 Å². The summed E-state index contributed by atoms with van der Waals surface area (Å²) in [5, 5.41) is 0. The molecule has 0 spiro atoms. The molecular formula is C10H11F3N2O. The number of alkyl halides is 3. The smallest absolute Gasteiger partial charge is 0.372 e. The molecule has 2 rings (SSSR count). The number of rotatable bonds is 0. The average Bonchev–Trinajstić information content (AvgIpc) is 2.22. The van der Waals surface area contributed by atoms with Crippen LogP contribution in [-0.2, 0) is 10.9 Å². The highest BCUT2D eigenvalue weighted by atomic mass is 19.4. The van der Waals surface area contributed by atoms with E-state index in [-0.39, 0.29) is 6.10 Å². The summed E-state index contributed by atoms with van der Waals surface area (Å²) in [6, 6.07) is 0.611. The molecule has 0 aliphatic carbocycles. The number of halogens is 3. The standard InChI is InChI=1S/C10H11F3N2O/c1-5-6-2-9(10(11,12)13)15-3-7(6)8(14)4-16-5/h2-3,5,8H,4,14H2,1H3/t5-,8?/m1/s1. The second kappa shape index (κ2) is 3.71. The third-order valence-corrected chi connectivity index (χ3v) is 2.62. The maximum atomic E-state index is 12.4. The molecule has 6 heteroatoms. The van der Waals surface area contributed by atoms with Crippen LogP contribution >= 0.6 is 0 Å². The first kappa shape index (κ1) is 11.3. The van der Waals surface area contributed by atoms with Gasteiger partial charge in [-0.25, -0.2) is 0 Å². The number of nitrogens with two attached hydrogens (primary N) is 1. The first-order chi connectivity index (χ1) is 7.39. The predicted octanol–water partition coefficient (Wildman–Crippen LogP) is 2.19. The van der Waals surface area contributed by atoms with E-state index in [4.69, 9.17) is 10.5 Å². The Hall–Kier alpha value is -1.14. The zero-order valence-electron chi connectivity index (χ0n) is 8.58. The molecule has 0 amide bonds. The van der Waals surface area contributed by atoms with Crippen LogP contribution in [0.5, 0.6) is 0 Å². The van der Waals surface area contributed by atoms with E-state index in [1.54, 1.807) is 6.92 Å². The first-order valence-electron chi connectivity index (χ1n) is 4.84. The SMILES string of the molecule is C[C@H]1OCC(N)c2cnc(C(F)(F)F)cc21. The molecule has 1 aliphatic heterocycles. The van der Waals surface area contributed by atoms with Gasteiger partial charge in [-0.2, -0.15) is 13.2 Å². The van der Waals surface area contributed by atoms with Crippen LogP contribution in [0.1, 0.15) is 35.9 Å². The van der Waals surface area contributed by atoms with E-state index in [0.29, 0.717) is 17.7 Å². The molecule has 2 heterocycles. The lowest BCUT2D eigenvalue weighted by Gasteiger charge is -2.28. The molecule has 2 N–H and O–H groups in total. The molecule has 0 aromatic carbocycles. The lowest BCUT2D eigenvalue weighted by Crippen LogP contribution is -2.26. The van der Waals surface area contributed by atoms with E-state index >= 15 is 0 Å². The van der Waals surface area contributed by atoms with Gasteiger partial charge in [0.2, 0.25) is 0 Å². The van der Waals surface area contributed by atoms with Crippen molar-refractivity contribution in [1.29, 1.82) is 0 Å². The van der Waals surface area contributed by atoms with E-state index in [0.717, 1.165) is 6.07 Å². The van der Waals surface area contributed by atoms with Gasteiger partial charge in [-0.1, -0.05) is 0 Å². The van der Waals surface area contributed by atoms with Crippen LogP contribution in [-0.4, -0.2) is 11.6 Å². The summed E-state index contributed by atoms with van der Waals surface area (Å²) in [7, 11) is 0. The van der Waals surface area contributed by atoms with Crippen molar-refractivity contribution in [2.75, 3.05) is 6.61 Å². The maximum Gasteiger partial charge on any atom is 0.433 e. The minimum atomic E-state index is -4.43. The van der Waals surface area contributed by atoms with Crippen molar-refractivity contribution in [3.8, 4) is 0 Å². The Bertz CT molecular complexity index is 406. The van der Waals surface area contributed by atoms with Crippen molar-refractivity contribution in [3.05, 3.63) is 29.1 Å². The van der Waals surface area contributed by atoms with Gasteiger partial charge in [0.25, 0.3) is 0 Å². The van der Waals surface area contributed by atoms with Crippen LogP contribution in [0.3, 0.4) is 0 Å². The maximum absolute atomic E-state index is 12.4. The van der Waals surface area contributed by atoms with Gasteiger partial charge in [0, 0.05) is 6.20 Å². The van der Waals surface area contributed by atoms with Gasteiger partial charge in [-0.15, -0.1) is 0 Å². The fourth-order valence-electron chi connectivity index (χ4n) is 1.73. The van der Waals surface area contributed by atoms with Crippen molar-refractivity contribution >= 4 is 0 Å². The molecule has 0 saturated heterocycles. The van der Waals surface area contributed by atoms with Gasteiger partial charge in [-0.05, 0) is 24.1 Å². The van der Waals surface area contributed by atoms with Gasteiger partial charge in [0.05, 0.1) is 18.8 Å². The van der Waals surface area contributed by atoms with Crippen molar-refractivity contribution < 1.29 is 17.9 Å². The number of aromatic nitrogens is 1. The highest BCUT2D eigenvalue weighted by Gasteiger charge is 2.34. The lowest BCUT2D eigenvalue weighted by molar-refractivity contribution is -0.141. The Morgan fingerprint density at radius 2 is 2.12 bits per heavy atom. The Morgan fingerprint density at radius 1 is 1.44 bits per heavy atom. The molecule has 0 bridgehead atoms. The summed E-state index contributed by atoms with van der Waals surface area (Å²) in [5.41, 5.74) is 5.92. The van der Waals surface area contributed by atoms with Crippen molar-refractivity contribution in [3.63, 3.8) is 0 Å². The summed E-state index contributed by atoms with van der Waals surface area (Å²) in [4.78, 5) is 3.39. The highest BCUT2D eigenvalue weighted by Crippen LogP contribution is 2.35. The molecule has 1 unspecified atom stereocenters. The van der Waals surface area contributed by atoms with Gasteiger partial charge in [0.1, 0.15) is 5.69 Å². The number of fused-ring (bicyclic) bond motifs is 1. The third kappa shape index (κ3) is 1.90. The number of hydrogen-bond acceptors (Lipinski definition) is 3. The molecular weight excluding hydrogens is 221 g/mol. The summed E-state index contributed by atoms with van der Waals surface area (Å²) >= 11 is 0. The fraction of sp³-hybridized carbons (Fsp3) is 0.500. The van der Waals surface area contributed by atoms with Gasteiger partial charge in [-0.3, -0.25) is 4.98 Å². The van der Waals surface area contributed by atoms with Crippen LogP contribution in [0.25, 0.3) is 0 Å². The molecule has 88 valence electrons. The second-order valence-electron chi connectivity index (χ2n) is 3.78. The van der Waals surface area contributed by atoms with Crippen LogP contribution in [0.4, 0.5) is 13.2 Å².